The number of hydrogen-bond donors (Lipinski definition) is 3. The molecule has 3 heterocycles. The number of fused-ring (bicyclic) bond motifs is 1. The van der Waals surface area contributed by atoms with Crippen molar-refractivity contribution in [3.05, 3.63) is 0 Å². The Hall–Kier alpha value is 0.810. The minimum absolute atomic E-state index is 0.0484. The molecule has 3 saturated heterocycles. The Kier molecular flexibility index (Phi) is 3.15. The summed E-state index contributed by atoms with van der Waals surface area (Å²) in [4.78, 5) is 13.0. The van der Waals surface area contributed by atoms with Gasteiger partial charge in [0.25, 0.3) is 0 Å². The van der Waals surface area contributed by atoms with Crippen LogP contribution in [-0.2, 0) is 9.53 Å². The zero-order chi connectivity index (χ0) is 14.1. The molecule has 1 unspecified atom stereocenters. The van der Waals surface area contributed by atoms with Crippen LogP contribution in [-0.4, -0.2) is 18.8 Å². The molecule has 2 aliphatic carbocycles. The van der Waals surface area contributed by atoms with Crippen molar-refractivity contribution in [2.45, 2.75) is 70.6 Å². The van der Waals surface area contributed by atoms with Crippen LogP contribution in [0.5, 0.6) is 0 Å². The van der Waals surface area contributed by atoms with Gasteiger partial charge in [-0.2, -0.15) is 0 Å². The Bertz CT molecular complexity index is 479. The molecule has 0 radical (unpaired) electrons. The summed E-state index contributed by atoms with van der Waals surface area (Å²) in [5.74, 6) is 0.712. The van der Waals surface area contributed by atoms with E-state index in [2.05, 4.69) is 10.6 Å². The molecule has 2 saturated carbocycles. The molecule has 3 aliphatic heterocycles. The van der Waals surface area contributed by atoms with Crippen molar-refractivity contribution in [2.75, 3.05) is 0 Å². The van der Waals surface area contributed by atoms with Gasteiger partial charge in [0.1, 0.15) is 0 Å². The molecule has 0 bridgehead atoms. The summed E-state index contributed by atoms with van der Waals surface area (Å²) in [5.41, 5.74) is -0.119. The molecule has 0 aromatic heterocycles. The number of halogens is 2. The van der Waals surface area contributed by atoms with E-state index < -0.39 is 20.4 Å². The Morgan fingerprint density at radius 2 is 1.71 bits per heavy atom. The fourth-order valence-corrected chi connectivity index (χ4v) is 14.4. The maximum atomic E-state index is 13.0. The third-order valence-corrected chi connectivity index (χ3v) is 14.3. The van der Waals surface area contributed by atoms with E-state index in [-0.39, 0.29) is 40.3 Å². The monoisotopic (exact) mass is 518 g/mol. The number of carbonyl (C=O) groups excluding carboxylic acids is 1. The van der Waals surface area contributed by atoms with Gasteiger partial charge in [0, 0.05) is 0 Å². The quantitative estimate of drug-likeness (QED) is 0.110. The Balaban J connectivity index is 1.37. The first-order valence-corrected chi connectivity index (χ1v) is 13.5. The average Bonchev–Trinajstić information content (AvgIpc) is 3.37. The van der Waals surface area contributed by atoms with Gasteiger partial charge in [0.2, 0.25) is 0 Å². The Morgan fingerprint density at radius 3 is 2.24 bits per heavy atom. The number of rotatable bonds is 4. The van der Waals surface area contributed by atoms with Crippen molar-refractivity contribution in [2.24, 2.45) is 5.92 Å². The Labute approximate surface area is 143 Å². The average molecular weight is 518 g/mol. The van der Waals surface area contributed by atoms with Gasteiger partial charge < -0.3 is 0 Å². The van der Waals surface area contributed by atoms with Gasteiger partial charge in [0.15, 0.2) is 0 Å². The second-order valence-corrected chi connectivity index (χ2v) is 14.0. The van der Waals surface area contributed by atoms with Gasteiger partial charge in [-0.1, -0.05) is 0 Å². The summed E-state index contributed by atoms with van der Waals surface area (Å²) in [7, 11) is 0. The molecule has 0 spiro atoms. The van der Waals surface area contributed by atoms with Crippen LogP contribution >= 0.6 is 20.4 Å². The standard InChI is InChI=1S/C14H22I2N3O2/c20-11(13(15-17-13)14-16(18-14)19-14)21-12(8-4-1-5-9-12)10-6-2-3-7-10/h10,17-19H,1-9H2/q-1. The number of carbonyl (C=O) groups is 1. The van der Waals surface area contributed by atoms with Gasteiger partial charge in [-0.15, -0.1) is 0 Å². The molecule has 7 heteroatoms. The molecular weight excluding hydrogens is 496 g/mol. The zero-order valence-corrected chi connectivity index (χ0v) is 16.3. The SMILES string of the molecule is O=C(OC1(C2CCCC2)CCCCC1)C1(C23NI2N3)N[I-]1. The number of nitrogens with one attached hydrogen (secondary N) is 3. The zero-order valence-electron chi connectivity index (χ0n) is 12.0. The van der Waals surface area contributed by atoms with E-state index in [1.807, 2.05) is 0 Å². The summed E-state index contributed by atoms with van der Waals surface area (Å²) >= 11 is -1.30. The van der Waals surface area contributed by atoms with E-state index >= 15 is 0 Å². The van der Waals surface area contributed by atoms with Crippen molar-refractivity contribution in [3.8, 4) is 0 Å². The fourth-order valence-electron chi connectivity index (χ4n) is 4.33. The van der Waals surface area contributed by atoms with Crippen LogP contribution in [0.4, 0.5) is 0 Å². The summed E-state index contributed by atoms with van der Waals surface area (Å²) in [6, 6.07) is 0. The molecule has 5 fully saturated rings. The van der Waals surface area contributed by atoms with Gasteiger partial charge in [-0.05, 0) is 0 Å². The molecule has 21 heavy (non-hydrogen) atoms. The second kappa shape index (κ2) is 4.67. The van der Waals surface area contributed by atoms with Crippen LogP contribution in [0.2, 0.25) is 0 Å². The molecule has 0 amide bonds. The van der Waals surface area contributed by atoms with E-state index in [0.29, 0.717) is 5.92 Å². The topological polar surface area (TPSA) is 92.1 Å². The van der Waals surface area contributed by atoms with Crippen LogP contribution in [0.15, 0.2) is 0 Å². The van der Waals surface area contributed by atoms with Gasteiger partial charge in [-0.25, -0.2) is 0 Å². The normalized spacial score (nSPS) is 40.9. The first kappa shape index (κ1) is 14.2. The molecule has 5 aliphatic rings. The molecule has 5 rings (SSSR count). The first-order chi connectivity index (χ1) is 10.2. The first-order valence-electron chi connectivity index (χ1n) is 8.12. The van der Waals surface area contributed by atoms with Crippen molar-refractivity contribution in [1.82, 2.24) is 10.6 Å². The van der Waals surface area contributed by atoms with E-state index in [1.165, 1.54) is 44.9 Å². The van der Waals surface area contributed by atoms with Gasteiger partial charge in [0.05, 0.1) is 0 Å². The maximum absolute atomic E-state index is 13.0. The number of alkyl halides is 2. The molecule has 0 aromatic rings. The van der Waals surface area contributed by atoms with E-state index in [9.17, 15) is 4.79 Å². The van der Waals surface area contributed by atoms with Gasteiger partial charge in [-0.3, -0.25) is 0 Å². The van der Waals surface area contributed by atoms with Crippen LogP contribution in [0.1, 0.15) is 57.8 Å². The summed E-state index contributed by atoms with van der Waals surface area (Å²) in [6.45, 7) is 0. The van der Waals surface area contributed by atoms with Crippen LogP contribution in [0, 0.1) is 5.92 Å². The molecule has 3 N–H and O–H groups in total. The summed E-state index contributed by atoms with van der Waals surface area (Å²) < 4.78 is 16.6. The number of ether oxygens (including phenoxy) is 1. The van der Waals surface area contributed by atoms with E-state index in [1.54, 1.807) is 0 Å². The van der Waals surface area contributed by atoms with Crippen molar-refractivity contribution in [3.63, 3.8) is 0 Å². The van der Waals surface area contributed by atoms with Crippen LogP contribution in [0.3, 0.4) is 0 Å². The minimum atomic E-state index is -1.08. The van der Waals surface area contributed by atoms with Crippen LogP contribution < -0.4 is 32.1 Å². The third kappa shape index (κ3) is 1.99. The summed E-state index contributed by atoms with van der Waals surface area (Å²) in [5, 5.41) is 0. The van der Waals surface area contributed by atoms with Crippen molar-refractivity contribution < 1.29 is 31.0 Å². The van der Waals surface area contributed by atoms with E-state index in [4.69, 9.17) is 4.74 Å². The number of hydrogen-bond acceptors (Lipinski definition) is 5. The predicted octanol–water partition coefficient (Wildman–Crippen LogP) is -1.08. The Morgan fingerprint density at radius 1 is 1.10 bits per heavy atom. The number of esters is 1. The van der Waals surface area contributed by atoms with Gasteiger partial charge >= 0.3 is 144 Å². The molecular formula is C14H22I2N3O2-. The second-order valence-electron chi connectivity index (χ2n) is 6.97. The fraction of sp³-hybridized carbons (Fsp3) is 0.929. The van der Waals surface area contributed by atoms with Crippen molar-refractivity contribution in [1.29, 1.82) is 0 Å². The predicted molar refractivity (Wildman–Crippen MR) is 82.8 cm³/mol. The molecule has 0 aromatic carbocycles. The molecule has 5 nitrogen and oxygen atoms in total. The molecule has 1 atom stereocenters. The third-order valence-electron chi connectivity index (χ3n) is 5.80. The van der Waals surface area contributed by atoms with E-state index in [0.717, 1.165) is 12.8 Å². The molecule has 120 valence electrons. The van der Waals surface area contributed by atoms with Crippen LogP contribution in [0.25, 0.3) is 0 Å². The summed E-state index contributed by atoms with van der Waals surface area (Å²) in [6.07, 6.45) is 11.2. The van der Waals surface area contributed by atoms with Crippen molar-refractivity contribution >= 4 is 26.3 Å².